The number of nitrogens with two attached hydrogens (primary N) is 1. The van der Waals surface area contributed by atoms with E-state index in [1.165, 1.54) is 16.7 Å². The Bertz CT molecular complexity index is 546. The van der Waals surface area contributed by atoms with Crippen LogP contribution in [0.1, 0.15) is 29.5 Å². The van der Waals surface area contributed by atoms with E-state index in [0.29, 0.717) is 6.61 Å². The molecule has 0 saturated heterocycles. The Labute approximate surface area is 135 Å². The summed E-state index contributed by atoms with van der Waals surface area (Å²) in [6.07, 6.45) is 3.27. The monoisotopic (exact) mass is 347 g/mol. The third-order valence-corrected chi connectivity index (χ3v) is 4.02. The molecule has 0 heterocycles. The molecule has 0 aliphatic rings. The third-order valence-electron chi connectivity index (χ3n) is 3.43. The van der Waals surface area contributed by atoms with Crippen molar-refractivity contribution in [1.82, 2.24) is 0 Å². The number of aryl methyl sites for hydroxylation is 2. The summed E-state index contributed by atoms with van der Waals surface area (Å²) in [5.74, 6) is 0.932. The zero-order chi connectivity index (χ0) is 15.1. The van der Waals surface area contributed by atoms with Crippen LogP contribution < -0.4 is 10.5 Å². The summed E-state index contributed by atoms with van der Waals surface area (Å²) in [5, 5.41) is 0. The quantitative estimate of drug-likeness (QED) is 0.741. The first-order valence-corrected chi connectivity index (χ1v) is 8.16. The Kier molecular flexibility index (Phi) is 6.27. The van der Waals surface area contributed by atoms with E-state index < -0.39 is 0 Å². The minimum absolute atomic E-state index is 0.590. The van der Waals surface area contributed by atoms with Gasteiger partial charge >= 0.3 is 0 Å². The van der Waals surface area contributed by atoms with Gasteiger partial charge in [0.2, 0.25) is 0 Å². The average Bonchev–Trinajstić information content (AvgIpc) is 2.48. The number of hydrogen-bond donors (Lipinski definition) is 1. The largest absolute Gasteiger partial charge is 0.487 e. The normalized spacial score (nSPS) is 10.6. The highest BCUT2D eigenvalue weighted by molar-refractivity contribution is 9.10. The third kappa shape index (κ3) is 4.87. The molecule has 0 spiro atoms. The molecule has 2 rings (SSSR count). The van der Waals surface area contributed by atoms with E-state index >= 15 is 0 Å². The summed E-state index contributed by atoms with van der Waals surface area (Å²) < 4.78 is 7.00. The molecule has 112 valence electrons. The summed E-state index contributed by atoms with van der Waals surface area (Å²) in [6, 6.07) is 14.6. The maximum Gasteiger partial charge on any atom is 0.136 e. The van der Waals surface area contributed by atoms with Crippen LogP contribution in [0.15, 0.2) is 46.9 Å². The molecule has 0 amide bonds. The van der Waals surface area contributed by atoms with E-state index in [1.807, 2.05) is 18.2 Å². The van der Waals surface area contributed by atoms with Crippen LogP contribution in [-0.4, -0.2) is 6.54 Å². The van der Waals surface area contributed by atoms with Crippen LogP contribution in [0.2, 0.25) is 0 Å². The molecule has 0 unspecified atom stereocenters. The first kappa shape index (κ1) is 16.1. The molecule has 0 bridgehead atoms. The Hall–Kier alpha value is -1.32. The van der Waals surface area contributed by atoms with Gasteiger partial charge in [0.15, 0.2) is 0 Å². The van der Waals surface area contributed by atoms with E-state index in [2.05, 4.69) is 47.1 Å². The Balaban J connectivity index is 2.03. The summed E-state index contributed by atoms with van der Waals surface area (Å²) >= 11 is 3.63. The van der Waals surface area contributed by atoms with Crippen molar-refractivity contribution in [2.24, 2.45) is 5.73 Å². The standard InChI is InChI=1S/C18H22BrNO/c1-14-11-16(9-5-6-10-20)12-17(19)18(14)21-13-15-7-3-2-4-8-15/h2-4,7-8,11-12H,5-6,9-10,13,20H2,1H3. The van der Waals surface area contributed by atoms with Crippen molar-refractivity contribution in [2.75, 3.05) is 6.54 Å². The first-order chi connectivity index (χ1) is 10.2. The van der Waals surface area contributed by atoms with E-state index in [0.717, 1.165) is 36.0 Å². The van der Waals surface area contributed by atoms with Crippen molar-refractivity contribution in [3.63, 3.8) is 0 Å². The predicted molar refractivity (Wildman–Crippen MR) is 91.6 cm³/mol. The smallest absolute Gasteiger partial charge is 0.136 e. The number of hydrogen-bond acceptors (Lipinski definition) is 2. The average molecular weight is 348 g/mol. The zero-order valence-corrected chi connectivity index (χ0v) is 14.0. The molecular weight excluding hydrogens is 326 g/mol. The molecule has 21 heavy (non-hydrogen) atoms. The summed E-state index contributed by atoms with van der Waals surface area (Å²) in [7, 11) is 0. The summed E-state index contributed by atoms with van der Waals surface area (Å²) in [6.45, 7) is 3.45. The lowest BCUT2D eigenvalue weighted by molar-refractivity contribution is 0.302. The lowest BCUT2D eigenvalue weighted by Gasteiger charge is -2.13. The van der Waals surface area contributed by atoms with E-state index in [-0.39, 0.29) is 0 Å². The highest BCUT2D eigenvalue weighted by Crippen LogP contribution is 2.31. The number of ether oxygens (including phenoxy) is 1. The molecule has 0 fully saturated rings. The fourth-order valence-corrected chi connectivity index (χ4v) is 3.05. The molecule has 2 N–H and O–H groups in total. The van der Waals surface area contributed by atoms with E-state index in [1.54, 1.807) is 0 Å². The molecule has 0 saturated carbocycles. The van der Waals surface area contributed by atoms with Crippen molar-refractivity contribution in [3.8, 4) is 5.75 Å². The van der Waals surface area contributed by atoms with Gasteiger partial charge < -0.3 is 10.5 Å². The number of rotatable bonds is 7. The van der Waals surface area contributed by atoms with Crippen LogP contribution in [0, 0.1) is 6.92 Å². The van der Waals surface area contributed by atoms with Crippen molar-refractivity contribution in [2.45, 2.75) is 32.8 Å². The van der Waals surface area contributed by atoms with Gasteiger partial charge in [-0.15, -0.1) is 0 Å². The molecular formula is C18H22BrNO. The van der Waals surface area contributed by atoms with Crippen molar-refractivity contribution in [1.29, 1.82) is 0 Å². The first-order valence-electron chi connectivity index (χ1n) is 7.36. The minimum Gasteiger partial charge on any atom is -0.487 e. The molecule has 2 nitrogen and oxygen atoms in total. The van der Waals surface area contributed by atoms with Gasteiger partial charge in [-0.25, -0.2) is 0 Å². The van der Waals surface area contributed by atoms with Gasteiger partial charge in [-0.1, -0.05) is 36.4 Å². The zero-order valence-electron chi connectivity index (χ0n) is 12.4. The van der Waals surface area contributed by atoms with E-state index in [9.17, 15) is 0 Å². The lowest BCUT2D eigenvalue weighted by atomic mass is 10.1. The maximum atomic E-state index is 5.97. The molecule has 0 aromatic heterocycles. The lowest BCUT2D eigenvalue weighted by Crippen LogP contribution is -2.01. The van der Waals surface area contributed by atoms with Gasteiger partial charge in [0.1, 0.15) is 12.4 Å². The maximum absolute atomic E-state index is 5.97. The summed E-state index contributed by atoms with van der Waals surface area (Å²) in [5.41, 5.74) is 9.22. The molecule has 0 atom stereocenters. The highest BCUT2D eigenvalue weighted by Gasteiger charge is 2.08. The van der Waals surface area contributed by atoms with Gasteiger partial charge in [0.05, 0.1) is 4.47 Å². The number of unbranched alkanes of at least 4 members (excludes halogenated alkanes) is 1. The summed E-state index contributed by atoms with van der Waals surface area (Å²) in [4.78, 5) is 0. The molecule has 2 aromatic carbocycles. The van der Waals surface area contributed by atoms with Gasteiger partial charge in [-0.05, 0) is 71.4 Å². The van der Waals surface area contributed by atoms with Crippen LogP contribution in [-0.2, 0) is 13.0 Å². The van der Waals surface area contributed by atoms with Crippen LogP contribution in [0.4, 0.5) is 0 Å². The van der Waals surface area contributed by atoms with Crippen LogP contribution >= 0.6 is 15.9 Å². The van der Waals surface area contributed by atoms with E-state index in [4.69, 9.17) is 10.5 Å². The molecule has 0 aliphatic heterocycles. The Morgan fingerprint density at radius 2 is 1.81 bits per heavy atom. The van der Waals surface area contributed by atoms with Crippen LogP contribution in [0.5, 0.6) is 5.75 Å². The minimum atomic E-state index is 0.590. The second kappa shape index (κ2) is 8.20. The second-order valence-electron chi connectivity index (χ2n) is 5.24. The SMILES string of the molecule is Cc1cc(CCCCN)cc(Br)c1OCc1ccccc1. The molecule has 2 aromatic rings. The van der Waals surface area contributed by atoms with Crippen LogP contribution in [0.25, 0.3) is 0 Å². The fraction of sp³-hybridized carbons (Fsp3) is 0.333. The highest BCUT2D eigenvalue weighted by atomic mass is 79.9. The van der Waals surface area contributed by atoms with Gasteiger partial charge in [-0.3, -0.25) is 0 Å². The van der Waals surface area contributed by atoms with Gasteiger partial charge in [-0.2, -0.15) is 0 Å². The topological polar surface area (TPSA) is 35.2 Å². The second-order valence-corrected chi connectivity index (χ2v) is 6.10. The van der Waals surface area contributed by atoms with Crippen molar-refractivity contribution in [3.05, 3.63) is 63.6 Å². The molecule has 3 heteroatoms. The van der Waals surface area contributed by atoms with Gasteiger partial charge in [0, 0.05) is 0 Å². The Morgan fingerprint density at radius 1 is 1.05 bits per heavy atom. The van der Waals surface area contributed by atoms with Crippen molar-refractivity contribution >= 4 is 15.9 Å². The number of benzene rings is 2. The van der Waals surface area contributed by atoms with Gasteiger partial charge in [0.25, 0.3) is 0 Å². The molecule has 0 radical (unpaired) electrons. The molecule has 0 aliphatic carbocycles. The van der Waals surface area contributed by atoms with Crippen molar-refractivity contribution < 1.29 is 4.74 Å². The predicted octanol–water partition coefficient (Wildman–Crippen LogP) is 4.62. The Morgan fingerprint density at radius 3 is 2.48 bits per heavy atom. The fourth-order valence-electron chi connectivity index (χ4n) is 2.33. The number of halogens is 1. The van der Waals surface area contributed by atoms with Crippen LogP contribution in [0.3, 0.4) is 0 Å².